The maximum Gasteiger partial charge on any atom is 0.293 e. The molecule has 0 radical (unpaired) electrons. The molecule has 0 aliphatic heterocycles. The Morgan fingerprint density at radius 1 is 1.17 bits per heavy atom. The van der Waals surface area contributed by atoms with Crippen LogP contribution >= 0.6 is 15.9 Å². The second-order valence-corrected chi connectivity index (χ2v) is 7.89. The summed E-state index contributed by atoms with van der Waals surface area (Å²) in [6.45, 7) is 3.81. The van der Waals surface area contributed by atoms with Crippen molar-refractivity contribution in [3.63, 3.8) is 0 Å². The number of nitrogens with zero attached hydrogens (tertiary/aromatic N) is 4. The van der Waals surface area contributed by atoms with Crippen molar-refractivity contribution in [3.8, 4) is 11.3 Å². The summed E-state index contributed by atoms with van der Waals surface area (Å²) in [6.07, 6.45) is 2.24. The molecule has 1 amide bonds. The van der Waals surface area contributed by atoms with E-state index in [1.54, 1.807) is 6.07 Å². The van der Waals surface area contributed by atoms with E-state index in [0.29, 0.717) is 11.2 Å². The van der Waals surface area contributed by atoms with Gasteiger partial charge in [0.15, 0.2) is 0 Å². The molecule has 0 unspecified atom stereocenters. The van der Waals surface area contributed by atoms with Crippen molar-refractivity contribution in [2.75, 3.05) is 5.32 Å². The van der Waals surface area contributed by atoms with Crippen molar-refractivity contribution in [2.45, 2.75) is 26.8 Å². The van der Waals surface area contributed by atoms with E-state index < -0.39 is 0 Å². The van der Waals surface area contributed by atoms with E-state index in [9.17, 15) is 9.59 Å². The molecule has 4 aromatic rings. The van der Waals surface area contributed by atoms with Crippen LogP contribution in [-0.4, -0.2) is 25.3 Å². The maximum absolute atomic E-state index is 12.9. The van der Waals surface area contributed by atoms with Crippen molar-refractivity contribution in [2.24, 2.45) is 0 Å². The number of fused-ring (bicyclic) bond motifs is 1. The molecule has 2 aromatic heterocycles. The molecular formula is C22H20BrN5O2. The zero-order valence-corrected chi connectivity index (χ0v) is 18.2. The Bertz CT molecular complexity index is 1290. The quantitative estimate of drug-likeness (QED) is 0.485. The summed E-state index contributed by atoms with van der Waals surface area (Å²) in [5.41, 5.74) is 4.36. The number of anilines is 1. The molecule has 0 spiro atoms. The molecule has 0 aliphatic rings. The number of hydrogen-bond donors (Lipinski definition) is 1. The summed E-state index contributed by atoms with van der Waals surface area (Å²) >= 11 is 3.41. The van der Waals surface area contributed by atoms with Crippen LogP contribution in [0, 0.1) is 6.92 Å². The average molecular weight is 466 g/mol. The summed E-state index contributed by atoms with van der Waals surface area (Å²) < 4.78 is 3.55. The Hall–Kier alpha value is -3.26. The zero-order valence-electron chi connectivity index (χ0n) is 16.6. The third-order valence-electron chi connectivity index (χ3n) is 4.93. The molecule has 4 rings (SSSR count). The lowest BCUT2D eigenvalue weighted by Gasteiger charge is -2.13. The molecule has 0 saturated heterocycles. The number of carbonyl (C=O) groups excluding carboxylic acids is 1. The third-order valence-corrected chi connectivity index (χ3v) is 5.46. The monoisotopic (exact) mass is 465 g/mol. The van der Waals surface area contributed by atoms with E-state index in [4.69, 9.17) is 0 Å². The van der Waals surface area contributed by atoms with Gasteiger partial charge in [0.25, 0.3) is 5.56 Å². The van der Waals surface area contributed by atoms with Crippen molar-refractivity contribution in [1.82, 2.24) is 19.4 Å². The first kappa shape index (κ1) is 20.0. The summed E-state index contributed by atoms with van der Waals surface area (Å²) in [4.78, 5) is 25.5. The topological polar surface area (TPSA) is 81.3 Å². The van der Waals surface area contributed by atoms with Gasteiger partial charge >= 0.3 is 0 Å². The van der Waals surface area contributed by atoms with Gasteiger partial charge in [0, 0.05) is 15.7 Å². The fourth-order valence-electron chi connectivity index (χ4n) is 3.33. The molecule has 1 N–H and O–H groups in total. The first-order valence-corrected chi connectivity index (χ1v) is 10.4. The molecule has 2 aromatic carbocycles. The molecule has 152 valence electrons. The second-order valence-electron chi connectivity index (χ2n) is 6.97. The maximum atomic E-state index is 12.9. The van der Waals surface area contributed by atoms with Crippen LogP contribution in [0.15, 0.2) is 64.1 Å². The number of para-hydroxylation sites is 1. The van der Waals surface area contributed by atoms with Crippen LogP contribution in [-0.2, 0) is 17.8 Å². The van der Waals surface area contributed by atoms with E-state index in [-0.39, 0.29) is 18.0 Å². The van der Waals surface area contributed by atoms with Crippen LogP contribution in [0.5, 0.6) is 0 Å². The van der Waals surface area contributed by atoms with Crippen LogP contribution < -0.4 is 10.9 Å². The van der Waals surface area contributed by atoms with Gasteiger partial charge in [-0.1, -0.05) is 53.2 Å². The highest BCUT2D eigenvalue weighted by Gasteiger charge is 2.14. The lowest BCUT2D eigenvalue weighted by Crippen LogP contribution is -2.31. The van der Waals surface area contributed by atoms with Gasteiger partial charge in [0.2, 0.25) is 5.91 Å². The largest absolute Gasteiger partial charge is 0.324 e. The van der Waals surface area contributed by atoms with Gasteiger partial charge in [0.05, 0.1) is 5.69 Å². The normalized spacial score (nSPS) is 11.0. The highest BCUT2D eigenvalue weighted by atomic mass is 79.9. The minimum absolute atomic E-state index is 0.175. The summed E-state index contributed by atoms with van der Waals surface area (Å²) in [5.74, 6) is -0.300. The zero-order chi connectivity index (χ0) is 21.3. The lowest BCUT2D eigenvalue weighted by atomic mass is 10.1. The van der Waals surface area contributed by atoms with Crippen molar-refractivity contribution in [1.29, 1.82) is 0 Å². The Kier molecular flexibility index (Phi) is 5.50. The van der Waals surface area contributed by atoms with Crippen molar-refractivity contribution in [3.05, 3.63) is 80.8 Å². The van der Waals surface area contributed by atoms with Gasteiger partial charge in [-0.3, -0.25) is 9.59 Å². The molecule has 0 atom stereocenters. The lowest BCUT2D eigenvalue weighted by molar-refractivity contribution is -0.117. The molecule has 8 heteroatoms. The third kappa shape index (κ3) is 3.91. The standard InChI is InChI=1S/C22H20BrN5O2/c1-3-15-6-4-5-14(2)21(15)25-20(29)12-27-22(30)19-11-18(26-28(19)13-24-27)16-7-9-17(23)10-8-16/h4-11,13H,3,12H2,1-2H3,(H,25,29). The van der Waals surface area contributed by atoms with Gasteiger partial charge in [-0.15, -0.1) is 0 Å². The van der Waals surface area contributed by atoms with E-state index >= 15 is 0 Å². The predicted molar refractivity (Wildman–Crippen MR) is 120 cm³/mol. The predicted octanol–water partition coefficient (Wildman–Crippen LogP) is 3.83. The Balaban J connectivity index is 1.61. The number of rotatable bonds is 5. The van der Waals surface area contributed by atoms with Gasteiger partial charge < -0.3 is 5.32 Å². The number of amides is 1. The summed E-state index contributed by atoms with van der Waals surface area (Å²) in [6, 6.07) is 15.3. The van der Waals surface area contributed by atoms with Crippen molar-refractivity contribution < 1.29 is 4.79 Å². The number of aryl methyl sites for hydroxylation is 2. The first-order chi connectivity index (χ1) is 14.5. The number of benzene rings is 2. The van der Waals surface area contributed by atoms with Gasteiger partial charge in [0.1, 0.15) is 18.4 Å². The van der Waals surface area contributed by atoms with Crippen LogP contribution in [0.25, 0.3) is 16.8 Å². The van der Waals surface area contributed by atoms with E-state index in [1.165, 1.54) is 10.8 Å². The number of aromatic nitrogens is 4. The summed E-state index contributed by atoms with van der Waals surface area (Å²) in [5, 5.41) is 11.5. The molecule has 0 aliphatic carbocycles. The number of hydrogen-bond acceptors (Lipinski definition) is 4. The molecule has 7 nitrogen and oxygen atoms in total. The fourth-order valence-corrected chi connectivity index (χ4v) is 3.59. The Morgan fingerprint density at radius 3 is 2.67 bits per heavy atom. The number of nitrogens with one attached hydrogen (secondary N) is 1. The Morgan fingerprint density at radius 2 is 1.93 bits per heavy atom. The molecule has 0 fully saturated rings. The van der Waals surface area contributed by atoms with Gasteiger partial charge in [-0.25, -0.2) is 9.20 Å². The first-order valence-electron chi connectivity index (χ1n) is 9.56. The molecule has 0 saturated carbocycles. The molecular weight excluding hydrogens is 446 g/mol. The van der Waals surface area contributed by atoms with Crippen LogP contribution in [0.3, 0.4) is 0 Å². The van der Waals surface area contributed by atoms with Crippen LogP contribution in [0.4, 0.5) is 5.69 Å². The van der Waals surface area contributed by atoms with Crippen molar-refractivity contribution >= 4 is 33.0 Å². The number of halogens is 1. The second kappa shape index (κ2) is 8.23. The smallest absolute Gasteiger partial charge is 0.293 e. The highest BCUT2D eigenvalue weighted by Crippen LogP contribution is 2.22. The molecule has 0 bridgehead atoms. The molecule has 2 heterocycles. The van der Waals surface area contributed by atoms with Gasteiger partial charge in [-0.05, 0) is 42.7 Å². The van der Waals surface area contributed by atoms with Crippen LogP contribution in [0.2, 0.25) is 0 Å². The Labute approximate surface area is 181 Å². The molecule has 30 heavy (non-hydrogen) atoms. The average Bonchev–Trinajstić information content (AvgIpc) is 3.17. The number of carbonyl (C=O) groups is 1. The minimum atomic E-state index is -0.371. The summed E-state index contributed by atoms with van der Waals surface area (Å²) in [7, 11) is 0. The van der Waals surface area contributed by atoms with Gasteiger partial charge in [-0.2, -0.15) is 10.2 Å². The van der Waals surface area contributed by atoms with E-state index in [0.717, 1.165) is 38.0 Å². The highest BCUT2D eigenvalue weighted by molar-refractivity contribution is 9.10. The van der Waals surface area contributed by atoms with E-state index in [1.807, 2.05) is 56.3 Å². The SMILES string of the molecule is CCc1cccc(C)c1NC(=O)Cn1ncn2nc(-c3ccc(Br)cc3)cc2c1=O. The fraction of sp³-hybridized carbons (Fsp3) is 0.182. The minimum Gasteiger partial charge on any atom is -0.324 e. The van der Waals surface area contributed by atoms with E-state index in [2.05, 4.69) is 31.4 Å². The van der Waals surface area contributed by atoms with Crippen LogP contribution in [0.1, 0.15) is 18.1 Å².